The van der Waals surface area contributed by atoms with Gasteiger partial charge in [0.1, 0.15) is 0 Å². The van der Waals surface area contributed by atoms with E-state index in [1.54, 1.807) is 18.2 Å². The van der Waals surface area contributed by atoms with Crippen molar-refractivity contribution in [3.8, 4) is 0 Å². The number of halogens is 1. The van der Waals surface area contributed by atoms with Crippen molar-refractivity contribution < 1.29 is 14.5 Å². The van der Waals surface area contributed by atoms with Gasteiger partial charge in [0.2, 0.25) is 0 Å². The predicted octanol–water partition coefficient (Wildman–Crippen LogP) is 4.86. The van der Waals surface area contributed by atoms with Crippen molar-refractivity contribution in [2.24, 2.45) is 5.92 Å². The summed E-state index contributed by atoms with van der Waals surface area (Å²) in [5.74, 6) is -0.327. The molecule has 1 aliphatic carbocycles. The highest BCUT2D eigenvalue weighted by Gasteiger charge is 2.42. The van der Waals surface area contributed by atoms with Gasteiger partial charge in [-0.15, -0.1) is 0 Å². The fraction of sp³-hybridized carbons (Fsp3) is 0.250. The molecule has 0 amide bonds. The summed E-state index contributed by atoms with van der Waals surface area (Å²) in [6, 6.07) is 10.2. The summed E-state index contributed by atoms with van der Waals surface area (Å²) < 4.78 is 4.74. The molecular weight excluding hydrogens is 368 g/mol. The van der Waals surface area contributed by atoms with Gasteiger partial charge in [0, 0.05) is 12.0 Å². The molecule has 2 aromatic rings. The van der Waals surface area contributed by atoms with Gasteiger partial charge in [-0.2, -0.15) is 0 Å². The zero-order valence-corrected chi connectivity index (χ0v) is 15.3. The molecule has 27 heavy (non-hydrogen) atoms. The second kappa shape index (κ2) is 6.70. The Morgan fingerprint density at radius 3 is 2.67 bits per heavy atom. The Morgan fingerprint density at radius 1 is 1.26 bits per heavy atom. The molecule has 0 fully saturated rings. The van der Waals surface area contributed by atoms with Crippen LogP contribution in [0.4, 0.5) is 11.4 Å². The van der Waals surface area contributed by atoms with Crippen LogP contribution in [0.2, 0.25) is 5.02 Å². The molecule has 7 heteroatoms. The van der Waals surface area contributed by atoms with Gasteiger partial charge in [0.25, 0.3) is 5.69 Å². The van der Waals surface area contributed by atoms with E-state index in [-0.39, 0.29) is 34.5 Å². The minimum absolute atomic E-state index is 0.0660. The fourth-order valence-electron chi connectivity index (χ4n) is 4.09. The van der Waals surface area contributed by atoms with E-state index in [9.17, 15) is 14.9 Å². The largest absolute Gasteiger partial charge is 0.465 e. The van der Waals surface area contributed by atoms with Crippen LogP contribution in [-0.2, 0) is 4.74 Å². The Bertz CT molecular complexity index is 955. The van der Waals surface area contributed by atoms with Crippen molar-refractivity contribution in [3.05, 3.63) is 80.4 Å². The summed E-state index contributed by atoms with van der Waals surface area (Å²) in [7, 11) is 1.35. The molecule has 0 radical (unpaired) electrons. The molecule has 0 spiro atoms. The molecule has 1 aliphatic heterocycles. The van der Waals surface area contributed by atoms with Crippen LogP contribution in [0, 0.1) is 16.0 Å². The molecule has 1 heterocycles. The summed E-state index contributed by atoms with van der Waals surface area (Å²) in [5.41, 5.74) is 2.82. The zero-order chi connectivity index (χ0) is 19.1. The normalized spacial score (nSPS) is 22.5. The van der Waals surface area contributed by atoms with Gasteiger partial charge < -0.3 is 10.1 Å². The van der Waals surface area contributed by atoms with Crippen LogP contribution < -0.4 is 5.32 Å². The fourth-order valence-corrected chi connectivity index (χ4v) is 4.31. The van der Waals surface area contributed by atoms with Crippen molar-refractivity contribution in [3.63, 3.8) is 0 Å². The number of esters is 1. The average molecular weight is 385 g/mol. The third-order valence-electron chi connectivity index (χ3n) is 5.33. The molecule has 1 N–H and O–H groups in total. The van der Waals surface area contributed by atoms with Gasteiger partial charge in [-0.05, 0) is 36.1 Å². The highest BCUT2D eigenvalue weighted by Crippen LogP contribution is 2.54. The van der Waals surface area contributed by atoms with Crippen molar-refractivity contribution in [2.45, 2.75) is 18.4 Å². The van der Waals surface area contributed by atoms with Crippen LogP contribution in [0.15, 0.2) is 48.6 Å². The first-order chi connectivity index (χ1) is 13.0. The van der Waals surface area contributed by atoms with Crippen LogP contribution in [0.25, 0.3) is 0 Å². The van der Waals surface area contributed by atoms with Crippen molar-refractivity contribution >= 4 is 28.9 Å². The number of carbonyl (C=O) groups is 1. The number of hydrogen-bond acceptors (Lipinski definition) is 5. The van der Waals surface area contributed by atoms with Gasteiger partial charge in [-0.3, -0.25) is 10.1 Å². The molecule has 0 bridgehead atoms. The van der Waals surface area contributed by atoms with E-state index in [0.29, 0.717) is 21.8 Å². The zero-order valence-electron chi connectivity index (χ0n) is 14.5. The maximum absolute atomic E-state index is 11.7. The number of carbonyl (C=O) groups excluding carboxylic acids is 1. The SMILES string of the molecule is COC(=O)c1ccc(C2Nc3c(Cl)ccc([N+](=O)[O-])c3[C@@H]3C=CC[C@H]23)cc1. The van der Waals surface area contributed by atoms with E-state index in [2.05, 4.69) is 11.4 Å². The number of fused-ring (bicyclic) bond motifs is 3. The molecule has 0 saturated carbocycles. The summed E-state index contributed by atoms with van der Waals surface area (Å²) in [6.07, 6.45) is 4.90. The maximum Gasteiger partial charge on any atom is 0.337 e. The predicted molar refractivity (Wildman–Crippen MR) is 102 cm³/mol. The first kappa shape index (κ1) is 17.5. The number of rotatable bonds is 3. The van der Waals surface area contributed by atoms with Gasteiger partial charge in [0.15, 0.2) is 0 Å². The summed E-state index contributed by atoms with van der Waals surface area (Å²) in [4.78, 5) is 22.8. The second-order valence-electron chi connectivity index (χ2n) is 6.70. The Balaban J connectivity index is 1.77. The molecule has 2 aromatic carbocycles. The summed E-state index contributed by atoms with van der Waals surface area (Å²) in [6.45, 7) is 0. The highest BCUT2D eigenvalue weighted by atomic mass is 35.5. The monoisotopic (exact) mass is 384 g/mol. The number of nitro groups is 1. The number of nitrogens with one attached hydrogen (secondary N) is 1. The number of nitro benzene ring substituents is 1. The van der Waals surface area contributed by atoms with E-state index in [1.165, 1.54) is 13.2 Å². The van der Waals surface area contributed by atoms with E-state index in [0.717, 1.165) is 12.0 Å². The smallest absolute Gasteiger partial charge is 0.337 e. The number of allylic oxidation sites excluding steroid dienone is 2. The third-order valence-corrected chi connectivity index (χ3v) is 5.65. The summed E-state index contributed by atoms with van der Waals surface area (Å²) >= 11 is 6.38. The number of anilines is 1. The molecule has 1 unspecified atom stereocenters. The van der Waals surface area contributed by atoms with Crippen LogP contribution >= 0.6 is 11.6 Å². The topological polar surface area (TPSA) is 81.5 Å². The highest BCUT2D eigenvalue weighted by molar-refractivity contribution is 6.33. The number of ether oxygens (including phenoxy) is 1. The lowest BCUT2D eigenvalue weighted by Crippen LogP contribution is -2.30. The van der Waals surface area contributed by atoms with E-state index < -0.39 is 0 Å². The molecule has 0 saturated heterocycles. The Labute approximate surface area is 160 Å². The number of benzene rings is 2. The molecular formula is C20H17ClN2O4. The lowest BCUT2D eigenvalue weighted by Gasteiger charge is -2.37. The minimum Gasteiger partial charge on any atom is -0.465 e. The maximum atomic E-state index is 11.7. The van der Waals surface area contributed by atoms with Crippen molar-refractivity contribution in [1.82, 2.24) is 0 Å². The van der Waals surface area contributed by atoms with Gasteiger partial charge in [0.05, 0.1) is 39.9 Å². The first-order valence-electron chi connectivity index (χ1n) is 8.59. The molecule has 138 valence electrons. The third kappa shape index (κ3) is 2.86. The molecule has 4 rings (SSSR count). The standard InChI is InChI=1S/C20H17ClN2O4/c1-27-20(24)12-7-5-11(6-8-12)18-14-4-2-3-13(14)17-16(23(25)26)10-9-15(21)19(17)22-18/h2-3,5-10,13-14,18,22H,4H2,1H3/t13-,14+,18?/m1/s1. The Kier molecular flexibility index (Phi) is 4.36. The van der Waals surface area contributed by atoms with E-state index in [4.69, 9.17) is 16.3 Å². The lowest BCUT2D eigenvalue weighted by atomic mass is 9.76. The minimum atomic E-state index is -0.387. The van der Waals surface area contributed by atoms with Gasteiger partial charge in [-0.1, -0.05) is 35.9 Å². The lowest BCUT2D eigenvalue weighted by molar-refractivity contribution is -0.385. The molecule has 0 aromatic heterocycles. The quantitative estimate of drug-likeness (QED) is 0.353. The van der Waals surface area contributed by atoms with Gasteiger partial charge >= 0.3 is 5.97 Å². The van der Waals surface area contributed by atoms with Crippen LogP contribution in [0.1, 0.15) is 39.9 Å². The Hall–Kier alpha value is -2.86. The molecule has 3 atom stereocenters. The van der Waals surface area contributed by atoms with E-state index >= 15 is 0 Å². The number of hydrogen-bond donors (Lipinski definition) is 1. The number of nitrogens with zero attached hydrogens (tertiary/aromatic N) is 1. The summed E-state index contributed by atoms with van der Waals surface area (Å²) in [5, 5.41) is 15.4. The van der Waals surface area contributed by atoms with Crippen LogP contribution in [0.5, 0.6) is 0 Å². The van der Waals surface area contributed by atoms with E-state index in [1.807, 2.05) is 18.2 Å². The van der Waals surface area contributed by atoms with Crippen molar-refractivity contribution in [1.29, 1.82) is 0 Å². The van der Waals surface area contributed by atoms with Crippen molar-refractivity contribution in [2.75, 3.05) is 12.4 Å². The van der Waals surface area contributed by atoms with Crippen LogP contribution in [0.3, 0.4) is 0 Å². The van der Waals surface area contributed by atoms with Crippen LogP contribution in [-0.4, -0.2) is 18.0 Å². The first-order valence-corrected chi connectivity index (χ1v) is 8.97. The Morgan fingerprint density at radius 2 is 2.00 bits per heavy atom. The molecule has 6 nitrogen and oxygen atoms in total. The molecule has 2 aliphatic rings. The average Bonchev–Trinajstić information content (AvgIpc) is 3.17. The second-order valence-corrected chi connectivity index (χ2v) is 7.11. The van der Waals surface area contributed by atoms with Gasteiger partial charge in [-0.25, -0.2) is 4.79 Å². The number of methoxy groups -OCH3 is 1.